The number of benzene rings is 3. The summed E-state index contributed by atoms with van der Waals surface area (Å²) in [7, 11) is 0. The minimum atomic E-state index is -0.200. The lowest BCUT2D eigenvalue weighted by molar-refractivity contribution is 0.102. The van der Waals surface area contributed by atoms with Gasteiger partial charge in [0.2, 0.25) is 6.79 Å². The molecule has 1 aliphatic heterocycles. The van der Waals surface area contributed by atoms with Gasteiger partial charge < -0.3 is 14.8 Å². The predicted octanol–water partition coefficient (Wildman–Crippen LogP) is 5.89. The van der Waals surface area contributed by atoms with Crippen molar-refractivity contribution in [1.82, 2.24) is 14.8 Å². The number of ether oxygens (including phenoxy) is 2. The molecule has 0 unspecified atom stereocenters. The van der Waals surface area contributed by atoms with Crippen LogP contribution in [0, 0.1) is 0 Å². The molecule has 0 atom stereocenters. The van der Waals surface area contributed by atoms with E-state index >= 15 is 0 Å². The summed E-state index contributed by atoms with van der Waals surface area (Å²) in [5.41, 5.74) is 4.63. The number of hydrogen-bond acceptors (Lipinski definition) is 5. The van der Waals surface area contributed by atoms with Crippen LogP contribution in [0.3, 0.4) is 0 Å². The third-order valence-electron chi connectivity index (χ3n) is 5.79. The number of para-hydroxylation sites is 1. The first-order valence-corrected chi connectivity index (χ1v) is 11.8. The monoisotopic (exact) mass is 526 g/mol. The Morgan fingerprint density at radius 2 is 1.83 bits per heavy atom. The lowest BCUT2D eigenvalue weighted by Gasteiger charge is -2.11. The maximum absolute atomic E-state index is 13.4. The van der Waals surface area contributed by atoms with E-state index in [9.17, 15) is 4.79 Å². The van der Waals surface area contributed by atoms with Gasteiger partial charge in [0.1, 0.15) is 0 Å². The number of hydrogen-bond donors (Lipinski definition) is 1. The van der Waals surface area contributed by atoms with Gasteiger partial charge in [-0.05, 0) is 64.0 Å². The molecule has 3 aromatic carbocycles. The zero-order valence-electron chi connectivity index (χ0n) is 18.4. The van der Waals surface area contributed by atoms with Crippen molar-refractivity contribution in [2.24, 2.45) is 0 Å². The topological polar surface area (TPSA) is 78.3 Å². The quantitative estimate of drug-likeness (QED) is 0.309. The first-order valence-electron chi connectivity index (χ1n) is 11.0. The standard InChI is InChI=1S/C27H19BrN4O3/c28-19-13-29-32(15-19)14-17-5-8-20(9-6-17)30-27(33)22-12-24(31-23-4-2-1-3-21(22)23)18-7-10-25-26(11-18)35-16-34-25/h1-13,15H,14,16H2,(H,30,33). The number of carbonyl (C=O) groups excluding carboxylic acids is 1. The first kappa shape index (κ1) is 21.4. The number of nitrogens with zero attached hydrogens (tertiary/aromatic N) is 3. The van der Waals surface area contributed by atoms with E-state index in [-0.39, 0.29) is 12.7 Å². The average Bonchev–Trinajstić information content (AvgIpc) is 3.52. The summed E-state index contributed by atoms with van der Waals surface area (Å²) in [6, 6.07) is 22.9. The summed E-state index contributed by atoms with van der Waals surface area (Å²) in [5.74, 6) is 1.18. The Morgan fingerprint density at radius 3 is 2.66 bits per heavy atom. The second-order valence-electron chi connectivity index (χ2n) is 8.15. The van der Waals surface area contributed by atoms with E-state index < -0.39 is 0 Å². The molecule has 0 radical (unpaired) electrons. The molecule has 1 amide bonds. The summed E-state index contributed by atoms with van der Waals surface area (Å²) in [6.07, 6.45) is 3.67. The highest BCUT2D eigenvalue weighted by atomic mass is 79.9. The van der Waals surface area contributed by atoms with Gasteiger partial charge in [-0.1, -0.05) is 30.3 Å². The number of aromatic nitrogens is 3. The SMILES string of the molecule is O=C(Nc1ccc(Cn2cc(Br)cn2)cc1)c1cc(-c2ccc3c(c2)OCO3)nc2ccccc12. The van der Waals surface area contributed by atoms with Crippen LogP contribution in [0.1, 0.15) is 15.9 Å². The molecule has 5 aromatic rings. The fourth-order valence-electron chi connectivity index (χ4n) is 4.07. The first-order chi connectivity index (χ1) is 17.1. The molecule has 0 fully saturated rings. The lowest BCUT2D eigenvalue weighted by Crippen LogP contribution is -2.13. The van der Waals surface area contributed by atoms with Crippen molar-refractivity contribution in [2.75, 3.05) is 12.1 Å². The number of nitrogens with one attached hydrogen (secondary N) is 1. The molecule has 0 aliphatic carbocycles. The van der Waals surface area contributed by atoms with Gasteiger partial charge in [-0.2, -0.15) is 5.10 Å². The van der Waals surface area contributed by atoms with Crippen LogP contribution in [0.5, 0.6) is 11.5 Å². The van der Waals surface area contributed by atoms with E-state index in [1.807, 2.05) is 83.7 Å². The van der Waals surface area contributed by atoms with Gasteiger partial charge in [-0.3, -0.25) is 9.48 Å². The molecule has 2 aromatic heterocycles. The van der Waals surface area contributed by atoms with Gasteiger partial charge in [0.05, 0.1) is 34.0 Å². The Kier molecular flexibility index (Phi) is 5.42. The van der Waals surface area contributed by atoms with Crippen molar-refractivity contribution >= 4 is 38.4 Å². The zero-order chi connectivity index (χ0) is 23.8. The van der Waals surface area contributed by atoms with Crippen LogP contribution in [-0.4, -0.2) is 27.5 Å². The molecule has 0 saturated carbocycles. The highest BCUT2D eigenvalue weighted by molar-refractivity contribution is 9.10. The zero-order valence-corrected chi connectivity index (χ0v) is 20.0. The number of rotatable bonds is 5. The molecule has 0 spiro atoms. The van der Waals surface area contributed by atoms with E-state index in [0.29, 0.717) is 35.0 Å². The van der Waals surface area contributed by atoms with Gasteiger partial charge in [-0.15, -0.1) is 0 Å². The molecule has 172 valence electrons. The molecular weight excluding hydrogens is 508 g/mol. The minimum Gasteiger partial charge on any atom is -0.454 e. The third kappa shape index (κ3) is 4.36. The summed E-state index contributed by atoms with van der Waals surface area (Å²) in [6.45, 7) is 0.851. The van der Waals surface area contributed by atoms with Crippen LogP contribution in [0.4, 0.5) is 5.69 Å². The lowest BCUT2D eigenvalue weighted by atomic mass is 10.0. The van der Waals surface area contributed by atoms with Crippen LogP contribution in [0.2, 0.25) is 0 Å². The second-order valence-corrected chi connectivity index (χ2v) is 9.06. The fourth-order valence-corrected chi connectivity index (χ4v) is 4.40. The van der Waals surface area contributed by atoms with E-state index in [1.54, 1.807) is 6.20 Å². The fraction of sp³-hybridized carbons (Fsp3) is 0.0741. The van der Waals surface area contributed by atoms with Crippen molar-refractivity contribution < 1.29 is 14.3 Å². The maximum atomic E-state index is 13.4. The van der Waals surface area contributed by atoms with Crippen molar-refractivity contribution in [3.05, 3.63) is 101 Å². The normalized spacial score (nSPS) is 12.1. The van der Waals surface area contributed by atoms with Gasteiger partial charge in [0, 0.05) is 22.8 Å². The maximum Gasteiger partial charge on any atom is 0.256 e. The average molecular weight is 527 g/mol. The third-order valence-corrected chi connectivity index (χ3v) is 6.20. The van der Waals surface area contributed by atoms with Gasteiger partial charge in [0.15, 0.2) is 11.5 Å². The van der Waals surface area contributed by atoms with E-state index in [0.717, 1.165) is 26.5 Å². The molecule has 35 heavy (non-hydrogen) atoms. The van der Waals surface area contributed by atoms with Crippen LogP contribution >= 0.6 is 15.9 Å². The second kappa shape index (κ2) is 8.88. The molecular formula is C27H19BrN4O3. The Hall–Kier alpha value is -4.17. The number of pyridine rings is 1. The minimum absolute atomic E-state index is 0.200. The summed E-state index contributed by atoms with van der Waals surface area (Å²) < 4.78 is 13.7. The molecule has 0 bridgehead atoms. The van der Waals surface area contributed by atoms with Gasteiger partial charge >= 0.3 is 0 Å². The van der Waals surface area contributed by atoms with Crippen molar-refractivity contribution in [3.8, 4) is 22.8 Å². The Morgan fingerprint density at radius 1 is 1.00 bits per heavy atom. The molecule has 1 aliphatic rings. The summed E-state index contributed by atoms with van der Waals surface area (Å²) in [4.78, 5) is 18.2. The van der Waals surface area contributed by atoms with Gasteiger partial charge in [0.25, 0.3) is 5.91 Å². The largest absolute Gasteiger partial charge is 0.454 e. The molecule has 7 nitrogen and oxygen atoms in total. The van der Waals surface area contributed by atoms with Crippen molar-refractivity contribution in [3.63, 3.8) is 0 Å². The number of amides is 1. The summed E-state index contributed by atoms with van der Waals surface area (Å²) in [5, 5.41) is 8.09. The van der Waals surface area contributed by atoms with Crippen LogP contribution in [0.25, 0.3) is 22.2 Å². The van der Waals surface area contributed by atoms with Crippen LogP contribution in [0.15, 0.2) is 89.7 Å². The van der Waals surface area contributed by atoms with Crippen molar-refractivity contribution in [1.29, 1.82) is 0 Å². The molecule has 6 rings (SSSR count). The van der Waals surface area contributed by atoms with E-state index in [4.69, 9.17) is 14.5 Å². The molecule has 0 saturated heterocycles. The number of halogens is 1. The Balaban J connectivity index is 1.29. The summed E-state index contributed by atoms with van der Waals surface area (Å²) >= 11 is 3.41. The van der Waals surface area contributed by atoms with Crippen LogP contribution in [-0.2, 0) is 6.54 Å². The number of carbonyl (C=O) groups is 1. The van der Waals surface area contributed by atoms with E-state index in [2.05, 4.69) is 26.3 Å². The van der Waals surface area contributed by atoms with Gasteiger partial charge in [-0.25, -0.2) is 4.98 Å². The Bertz CT molecular complexity index is 1560. The van der Waals surface area contributed by atoms with E-state index in [1.165, 1.54) is 0 Å². The Labute approximate surface area is 209 Å². The molecule has 1 N–H and O–H groups in total. The number of fused-ring (bicyclic) bond motifs is 2. The van der Waals surface area contributed by atoms with Crippen LogP contribution < -0.4 is 14.8 Å². The highest BCUT2D eigenvalue weighted by Gasteiger charge is 2.18. The molecule has 8 heteroatoms. The highest BCUT2D eigenvalue weighted by Crippen LogP contribution is 2.36. The molecule has 3 heterocycles. The number of anilines is 1. The van der Waals surface area contributed by atoms with Crippen molar-refractivity contribution in [2.45, 2.75) is 6.54 Å². The predicted molar refractivity (Wildman–Crippen MR) is 137 cm³/mol. The smallest absolute Gasteiger partial charge is 0.256 e.